The number of aryl methyl sites for hydroxylation is 3. The molecule has 0 saturated carbocycles. The maximum Gasteiger partial charge on any atom is 0.223 e. The van der Waals surface area contributed by atoms with Crippen LogP contribution in [0.1, 0.15) is 52.3 Å². The maximum absolute atomic E-state index is 12.8. The van der Waals surface area contributed by atoms with Crippen molar-refractivity contribution in [1.29, 1.82) is 0 Å². The minimum absolute atomic E-state index is 0.0636. The molecule has 0 N–H and O–H groups in total. The van der Waals surface area contributed by atoms with Gasteiger partial charge in [0.15, 0.2) is 0 Å². The zero-order valence-corrected chi connectivity index (χ0v) is 25.6. The molecule has 1 aliphatic heterocycles. The molecule has 3 heterocycles. The summed E-state index contributed by atoms with van der Waals surface area (Å²) in [7, 11) is 3.55. The van der Waals surface area contributed by atoms with E-state index >= 15 is 0 Å². The van der Waals surface area contributed by atoms with Gasteiger partial charge < -0.3 is 14.4 Å². The molecular weight excluding hydrogens is 521 g/mol. The van der Waals surface area contributed by atoms with Gasteiger partial charge in [-0.05, 0) is 49.2 Å². The molecule has 1 fully saturated rings. The van der Waals surface area contributed by atoms with Gasteiger partial charge in [0, 0.05) is 49.9 Å². The molecule has 1 saturated heterocycles. The number of fused-ring (bicyclic) bond motifs is 1. The van der Waals surface area contributed by atoms with Crippen LogP contribution >= 0.6 is 0 Å². The van der Waals surface area contributed by atoms with Gasteiger partial charge in [0.05, 0.1) is 30.8 Å². The summed E-state index contributed by atoms with van der Waals surface area (Å²) in [6.07, 6.45) is 3.82. The molecule has 0 radical (unpaired) electrons. The van der Waals surface area contributed by atoms with Crippen LogP contribution in [0.5, 0.6) is 11.5 Å². The second-order valence-electron chi connectivity index (χ2n) is 9.67. The number of benzene rings is 2. The van der Waals surface area contributed by atoms with Crippen LogP contribution in [-0.2, 0) is 24.9 Å². The zero-order valence-electron chi connectivity index (χ0n) is 25.6. The number of carbonyl (C=O) groups is 1. The summed E-state index contributed by atoms with van der Waals surface area (Å²) in [4.78, 5) is 14.7. The molecule has 5 rings (SSSR count). The predicted octanol–water partition coefficient (Wildman–Crippen LogP) is 6.59. The number of hydrogen-bond acceptors (Lipinski definition) is 5. The van der Waals surface area contributed by atoms with Crippen LogP contribution in [0.4, 0.5) is 4.39 Å². The van der Waals surface area contributed by atoms with Crippen LogP contribution in [0.3, 0.4) is 0 Å². The highest BCUT2D eigenvalue weighted by Gasteiger charge is 2.34. The smallest absolute Gasteiger partial charge is 0.223 e. The lowest BCUT2D eigenvalue weighted by Crippen LogP contribution is -2.28. The summed E-state index contributed by atoms with van der Waals surface area (Å²) in [6, 6.07) is 11.8. The van der Waals surface area contributed by atoms with Crippen molar-refractivity contribution < 1.29 is 18.7 Å². The second-order valence-corrected chi connectivity index (χ2v) is 9.67. The Morgan fingerprint density at radius 2 is 1.80 bits per heavy atom. The Labute approximate surface area is 243 Å². The number of rotatable bonds is 9. The molecule has 2 aromatic carbocycles. The maximum atomic E-state index is 12.8. The van der Waals surface area contributed by atoms with Gasteiger partial charge in [-0.3, -0.25) is 14.2 Å². The molecule has 222 valence electrons. The molecule has 1 amide bonds. The molecule has 1 aliphatic rings. The van der Waals surface area contributed by atoms with Crippen LogP contribution in [-0.4, -0.2) is 56.8 Å². The van der Waals surface area contributed by atoms with E-state index in [1.54, 1.807) is 18.0 Å². The van der Waals surface area contributed by atoms with Gasteiger partial charge in [-0.1, -0.05) is 39.8 Å². The number of nitrogens with zero attached hydrogens (tertiary/aromatic N) is 5. The van der Waals surface area contributed by atoms with E-state index in [0.29, 0.717) is 19.5 Å². The highest BCUT2D eigenvalue weighted by Crippen LogP contribution is 2.36. The average molecular weight is 566 g/mol. The van der Waals surface area contributed by atoms with Gasteiger partial charge in [-0.25, -0.2) is 4.39 Å². The number of halogens is 1. The van der Waals surface area contributed by atoms with Crippen molar-refractivity contribution in [2.45, 2.75) is 67.2 Å². The molecule has 0 aliphatic carbocycles. The van der Waals surface area contributed by atoms with Crippen LogP contribution in [0.2, 0.25) is 0 Å². The number of hydrogen-bond donors (Lipinski definition) is 0. The first kappa shape index (κ1) is 31.6. The number of alkyl halides is 1. The quantitative estimate of drug-likeness (QED) is 0.229. The van der Waals surface area contributed by atoms with Crippen molar-refractivity contribution in [1.82, 2.24) is 24.5 Å². The lowest BCUT2D eigenvalue weighted by atomic mass is 10.0. The van der Waals surface area contributed by atoms with Gasteiger partial charge >= 0.3 is 0 Å². The number of carbonyl (C=O) groups excluding carboxylic acids is 1. The summed E-state index contributed by atoms with van der Waals surface area (Å²) < 4.78 is 28.0. The van der Waals surface area contributed by atoms with E-state index < -0.39 is 6.67 Å². The fourth-order valence-electron chi connectivity index (χ4n) is 4.94. The van der Waals surface area contributed by atoms with Gasteiger partial charge in [0.2, 0.25) is 5.91 Å². The number of likely N-dealkylation sites (tertiary alicyclic amines) is 1. The third kappa shape index (κ3) is 7.26. The lowest BCUT2D eigenvalue weighted by molar-refractivity contribution is -0.128. The van der Waals surface area contributed by atoms with Crippen molar-refractivity contribution in [3.63, 3.8) is 0 Å². The summed E-state index contributed by atoms with van der Waals surface area (Å²) in [5, 5.41) is 9.88. The van der Waals surface area contributed by atoms with E-state index in [2.05, 4.69) is 10.2 Å². The molecule has 8 nitrogen and oxygen atoms in total. The highest BCUT2D eigenvalue weighted by molar-refractivity contribution is 5.92. The average Bonchev–Trinajstić information content (AvgIpc) is 3.69. The van der Waals surface area contributed by atoms with Crippen molar-refractivity contribution in [2.24, 2.45) is 13.0 Å². The van der Waals surface area contributed by atoms with E-state index in [9.17, 15) is 9.18 Å². The summed E-state index contributed by atoms with van der Waals surface area (Å²) in [6.45, 7) is 13.0. The van der Waals surface area contributed by atoms with Crippen molar-refractivity contribution in [3.8, 4) is 22.6 Å². The third-order valence-electron chi connectivity index (χ3n) is 7.22. The van der Waals surface area contributed by atoms with E-state index in [0.717, 1.165) is 44.8 Å². The minimum atomic E-state index is -0.471. The van der Waals surface area contributed by atoms with E-state index in [1.807, 2.05) is 101 Å². The molecule has 0 bridgehead atoms. The summed E-state index contributed by atoms with van der Waals surface area (Å²) >= 11 is 0. The first-order valence-electron chi connectivity index (χ1n) is 14.5. The standard InChI is InChI=1S/C28H32FN5O3.2C2H6/c1-18-28-25(31-32(18)3)11-21(23-14-30-34(17-23)10-9-29)12-26(28)37-19(2)22-13-27(35)33(16-22)15-20-5-7-24(36-4)8-6-20;2*1-2/h5-8,11-12,14,17,19,22H,9-10,13,15-16H2,1-4H3;2*1-2H3/t19-,22-;;/m1../s1. The molecule has 2 atom stereocenters. The number of aromatic nitrogens is 4. The van der Waals surface area contributed by atoms with Gasteiger partial charge in [0.25, 0.3) is 0 Å². The van der Waals surface area contributed by atoms with Crippen molar-refractivity contribution in [2.75, 3.05) is 20.3 Å². The van der Waals surface area contributed by atoms with Gasteiger partial charge in [-0.2, -0.15) is 10.2 Å². The van der Waals surface area contributed by atoms with E-state index in [4.69, 9.17) is 9.47 Å². The molecule has 4 aromatic rings. The molecule has 9 heteroatoms. The van der Waals surface area contributed by atoms with Crippen LogP contribution < -0.4 is 9.47 Å². The van der Waals surface area contributed by atoms with Gasteiger partial charge in [0.1, 0.15) is 24.3 Å². The Morgan fingerprint density at radius 1 is 1.10 bits per heavy atom. The Kier molecular flexibility index (Phi) is 11.3. The Bertz CT molecular complexity index is 1410. The van der Waals surface area contributed by atoms with Crippen LogP contribution in [0, 0.1) is 12.8 Å². The normalized spacial score (nSPS) is 15.2. The Hall–Kier alpha value is -3.88. The van der Waals surface area contributed by atoms with Gasteiger partial charge in [-0.15, -0.1) is 0 Å². The largest absolute Gasteiger partial charge is 0.497 e. The minimum Gasteiger partial charge on any atom is -0.497 e. The zero-order chi connectivity index (χ0) is 30.1. The second kappa shape index (κ2) is 14.7. The van der Waals surface area contributed by atoms with Crippen molar-refractivity contribution in [3.05, 3.63) is 60.0 Å². The van der Waals surface area contributed by atoms with Crippen molar-refractivity contribution >= 4 is 16.8 Å². The molecule has 41 heavy (non-hydrogen) atoms. The summed E-state index contributed by atoms with van der Waals surface area (Å²) in [5.74, 6) is 1.72. The van der Waals surface area contributed by atoms with Crippen LogP contribution in [0.15, 0.2) is 48.8 Å². The fraction of sp³-hybridized carbons (Fsp3) is 0.469. The predicted molar refractivity (Wildman–Crippen MR) is 162 cm³/mol. The fourth-order valence-corrected chi connectivity index (χ4v) is 4.94. The molecule has 0 unspecified atom stereocenters. The summed E-state index contributed by atoms with van der Waals surface area (Å²) in [5.41, 5.74) is 4.67. The molecular formula is C32H44FN5O3. The topological polar surface area (TPSA) is 74.4 Å². The monoisotopic (exact) mass is 565 g/mol. The number of amides is 1. The Morgan fingerprint density at radius 3 is 2.46 bits per heavy atom. The highest BCUT2D eigenvalue weighted by atomic mass is 19.1. The number of ether oxygens (including phenoxy) is 2. The first-order valence-corrected chi connectivity index (χ1v) is 14.5. The lowest BCUT2D eigenvalue weighted by Gasteiger charge is -2.22. The Balaban J connectivity index is 0.00000111. The third-order valence-corrected chi connectivity index (χ3v) is 7.22. The first-order chi connectivity index (χ1) is 19.9. The molecule has 0 spiro atoms. The van der Waals surface area contributed by atoms with E-state index in [1.165, 1.54) is 0 Å². The van der Waals surface area contributed by atoms with Crippen LogP contribution in [0.25, 0.3) is 22.0 Å². The van der Waals surface area contributed by atoms with E-state index in [-0.39, 0.29) is 24.5 Å². The number of methoxy groups -OCH3 is 1. The molecule has 2 aromatic heterocycles. The SMILES string of the molecule is CC.CC.COc1ccc(CN2C[C@H]([C@@H](C)Oc3cc(-c4cnn(CCF)c4)cc4nn(C)c(C)c34)CC2=O)cc1.